The van der Waals surface area contributed by atoms with E-state index in [2.05, 4.69) is 15.5 Å². The van der Waals surface area contributed by atoms with E-state index in [9.17, 15) is 4.79 Å². The summed E-state index contributed by atoms with van der Waals surface area (Å²) < 4.78 is 10.6. The van der Waals surface area contributed by atoms with Crippen LogP contribution in [0.4, 0.5) is 4.79 Å². The van der Waals surface area contributed by atoms with Crippen molar-refractivity contribution in [1.82, 2.24) is 20.3 Å². The van der Waals surface area contributed by atoms with Crippen molar-refractivity contribution in [1.29, 1.82) is 0 Å². The first-order chi connectivity index (χ1) is 13.0. The number of aromatic nitrogens is 3. The van der Waals surface area contributed by atoms with Crippen LogP contribution < -0.4 is 14.8 Å². The second-order valence-electron chi connectivity index (χ2n) is 5.85. The van der Waals surface area contributed by atoms with Gasteiger partial charge in [0.15, 0.2) is 0 Å². The molecule has 8 heteroatoms. The summed E-state index contributed by atoms with van der Waals surface area (Å²) in [6.07, 6.45) is 0.588. The SMILES string of the molecule is COc1ccc(-c2cnn(-c3ccc(C)c(CNC(=O)O)c3)n2)c(OC)c1. The fourth-order valence-corrected chi connectivity index (χ4v) is 2.66. The predicted molar refractivity (Wildman–Crippen MR) is 99.5 cm³/mol. The van der Waals surface area contributed by atoms with Crippen LogP contribution in [0, 0.1) is 6.92 Å². The van der Waals surface area contributed by atoms with Crippen molar-refractivity contribution in [2.75, 3.05) is 14.2 Å². The van der Waals surface area contributed by atoms with Crippen molar-refractivity contribution >= 4 is 6.09 Å². The van der Waals surface area contributed by atoms with E-state index < -0.39 is 6.09 Å². The van der Waals surface area contributed by atoms with E-state index in [1.165, 1.54) is 4.80 Å². The lowest BCUT2D eigenvalue weighted by Crippen LogP contribution is -2.20. The van der Waals surface area contributed by atoms with Crippen LogP contribution in [0.2, 0.25) is 0 Å². The summed E-state index contributed by atoms with van der Waals surface area (Å²) in [6, 6.07) is 11.1. The maximum atomic E-state index is 10.7. The molecule has 0 unspecified atom stereocenters. The molecular weight excluding hydrogens is 348 g/mol. The van der Waals surface area contributed by atoms with Crippen molar-refractivity contribution in [3.63, 3.8) is 0 Å². The Morgan fingerprint density at radius 2 is 2.00 bits per heavy atom. The van der Waals surface area contributed by atoms with Crippen molar-refractivity contribution in [2.24, 2.45) is 0 Å². The maximum absolute atomic E-state index is 10.7. The van der Waals surface area contributed by atoms with Crippen LogP contribution in [0.1, 0.15) is 11.1 Å². The van der Waals surface area contributed by atoms with Gasteiger partial charge in [0.25, 0.3) is 0 Å². The minimum Gasteiger partial charge on any atom is -0.497 e. The molecule has 0 atom stereocenters. The second kappa shape index (κ2) is 7.77. The van der Waals surface area contributed by atoms with Gasteiger partial charge in [-0.3, -0.25) is 0 Å². The summed E-state index contributed by atoms with van der Waals surface area (Å²) in [4.78, 5) is 12.2. The van der Waals surface area contributed by atoms with Crippen LogP contribution in [0.15, 0.2) is 42.6 Å². The molecule has 0 saturated carbocycles. The Balaban J connectivity index is 1.92. The zero-order valence-electron chi connectivity index (χ0n) is 15.3. The van der Waals surface area contributed by atoms with E-state index in [-0.39, 0.29) is 6.54 Å². The van der Waals surface area contributed by atoms with Crippen LogP contribution in [0.25, 0.3) is 16.9 Å². The molecule has 0 fully saturated rings. The fourth-order valence-electron chi connectivity index (χ4n) is 2.66. The zero-order chi connectivity index (χ0) is 19.4. The summed E-state index contributed by atoms with van der Waals surface area (Å²) in [5, 5.41) is 20.0. The first-order valence-corrected chi connectivity index (χ1v) is 8.23. The van der Waals surface area contributed by atoms with Gasteiger partial charge in [0, 0.05) is 18.2 Å². The van der Waals surface area contributed by atoms with Crippen LogP contribution in [0.3, 0.4) is 0 Å². The number of hydrogen-bond donors (Lipinski definition) is 2. The van der Waals surface area contributed by atoms with Gasteiger partial charge in [0.2, 0.25) is 0 Å². The third-order valence-corrected chi connectivity index (χ3v) is 4.17. The first kappa shape index (κ1) is 18.2. The van der Waals surface area contributed by atoms with E-state index in [0.29, 0.717) is 17.2 Å². The van der Waals surface area contributed by atoms with Crippen molar-refractivity contribution in [3.8, 4) is 28.4 Å². The fraction of sp³-hybridized carbons (Fsp3) is 0.211. The number of carbonyl (C=O) groups is 1. The van der Waals surface area contributed by atoms with E-state index in [1.807, 2.05) is 37.3 Å². The summed E-state index contributed by atoms with van der Waals surface area (Å²) in [5.41, 5.74) is 4.03. The molecule has 140 valence electrons. The number of methoxy groups -OCH3 is 2. The van der Waals surface area contributed by atoms with Gasteiger partial charge in [-0.2, -0.15) is 9.90 Å². The van der Waals surface area contributed by atoms with Crippen molar-refractivity contribution in [3.05, 3.63) is 53.7 Å². The molecule has 0 bridgehead atoms. The highest BCUT2D eigenvalue weighted by atomic mass is 16.5. The molecule has 2 aromatic carbocycles. The van der Waals surface area contributed by atoms with E-state index >= 15 is 0 Å². The molecule has 3 rings (SSSR count). The molecule has 0 aliphatic rings. The molecule has 3 aromatic rings. The average Bonchev–Trinajstić information content (AvgIpc) is 3.16. The van der Waals surface area contributed by atoms with E-state index in [1.54, 1.807) is 26.5 Å². The smallest absolute Gasteiger partial charge is 0.404 e. The number of nitrogens with zero attached hydrogens (tertiary/aromatic N) is 3. The Morgan fingerprint density at radius 3 is 2.70 bits per heavy atom. The Morgan fingerprint density at radius 1 is 1.19 bits per heavy atom. The summed E-state index contributed by atoms with van der Waals surface area (Å²) in [5.74, 6) is 1.33. The molecule has 0 aliphatic heterocycles. The molecule has 8 nitrogen and oxygen atoms in total. The number of benzene rings is 2. The number of ether oxygens (including phenoxy) is 2. The zero-order valence-corrected chi connectivity index (χ0v) is 15.3. The molecule has 0 aliphatic carbocycles. The Kier molecular flexibility index (Phi) is 5.25. The van der Waals surface area contributed by atoms with Crippen LogP contribution in [-0.4, -0.2) is 40.4 Å². The monoisotopic (exact) mass is 368 g/mol. The van der Waals surface area contributed by atoms with Gasteiger partial charge in [-0.25, -0.2) is 4.79 Å². The highest BCUT2D eigenvalue weighted by molar-refractivity contribution is 5.68. The Labute approximate surface area is 156 Å². The van der Waals surface area contributed by atoms with Gasteiger partial charge in [-0.15, -0.1) is 5.10 Å². The maximum Gasteiger partial charge on any atom is 0.404 e. The molecule has 0 spiro atoms. The molecule has 0 saturated heterocycles. The second-order valence-corrected chi connectivity index (χ2v) is 5.85. The number of nitrogens with one attached hydrogen (secondary N) is 1. The quantitative estimate of drug-likeness (QED) is 0.694. The molecule has 1 amide bonds. The lowest BCUT2D eigenvalue weighted by Gasteiger charge is -2.09. The summed E-state index contributed by atoms with van der Waals surface area (Å²) in [6.45, 7) is 2.14. The number of amides is 1. The molecule has 1 heterocycles. The van der Waals surface area contributed by atoms with Gasteiger partial charge in [0.1, 0.15) is 17.2 Å². The van der Waals surface area contributed by atoms with Crippen LogP contribution in [0.5, 0.6) is 11.5 Å². The topological polar surface area (TPSA) is 98.5 Å². The third kappa shape index (κ3) is 4.00. The van der Waals surface area contributed by atoms with Gasteiger partial charge in [-0.05, 0) is 42.3 Å². The largest absolute Gasteiger partial charge is 0.497 e. The highest BCUT2D eigenvalue weighted by Crippen LogP contribution is 2.32. The Bertz CT molecular complexity index is 968. The van der Waals surface area contributed by atoms with Gasteiger partial charge in [-0.1, -0.05) is 6.07 Å². The molecule has 27 heavy (non-hydrogen) atoms. The van der Waals surface area contributed by atoms with Gasteiger partial charge in [0.05, 0.1) is 26.1 Å². The summed E-state index contributed by atoms with van der Waals surface area (Å²) >= 11 is 0. The normalized spacial score (nSPS) is 10.5. The van der Waals surface area contributed by atoms with Gasteiger partial charge >= 0.3 is 6.09 Å². The van der Waals surface area contributed by atoms with Crippen LogP contribution >= 0.6 is 0 Å². The van der Waals surface area contributed by atoms with E-state index in [0.717, 1.165) is 22.4 Å². The molecular formula is C19H20N4O4. The molecule has 2 N–H and O–H groups in total. The third-order valence-electron chi connectivity index (χ3n) is 4.17. The number of rotatable bonds is 6. The molecule has 0 radical (unpaired) electrons. The number of aryl methyl sites for hydroxylation is 1. The minimum atomic E-state index is -1.06. The number of carboxylic acid groups (broad SMARTS) is 1. The predicted octanol–water partition coefficient (Wildman–Crippen LogP) is 3.03. The number of hydrogen-bond acceptors (Lipinski definition) is 5. The average molecular weight is 368 g/mol. The van der Waals surface area contributed by atoms with Crippen molar-refractivity contribution in [2.45, 2.75) is 13.5 Å². The Hall–Kier alpha value is -3.55. The first-order valence-electron chi connectivity index (χ1n) is 8.23. The standard InChI is InChI=1S/C19H20N4O4/c1-12-4-5-14(8-13(12)10-20-19(24)25)23-21-11-17(22-23)16-7-6-15(26-2)9-18(16)27-3/h4-9,11,20H,10H2,1-3H3,(H,24,25). The minimum absolute atomic E-state index is 0.218. The lowest BCUT2D eigenvalue weighted by atomic mass is 10.1. The highest BCUT2D eigenvalue weighted by Gasteiger charge is 2.12. The lowest BCUT2D eigenvalue weighted by molar-refractivity contribution is 0.194. The van der Waals surface area contributed by atoms with Gasteiger partial charge < -0.3 is 19.9 Å². The summed E-state index contributed by atoms with van der Waals surface area (Å²) in [7, 11) is 3.18. The van der Waals surface area contributed by atoms with Crippen LogP contribution in [-0.2, 0) is 6.54 Å². The van der Waals surface area contributed by atoms with E-state index in [4.69, 9.17) is 14.6 Å². The van der Waals surface area contributed by atoms with Crippen molar-refractivity contribution < 1.29 is 19.4 Å². The molecule has 1 aromatic heterocycles.